The van der Waals surface area contributed by atoms with E-state index in [-0.39, 0.29) is 28.3 Å². The quantitative estimate of drug-likeness (QED) is 0.315. The predicted molar refractivity (Wildman–Crippen MR) is 128 cm³/mol. The Kier molecular flexibility index (Phi) is 7.30. The minimum atomic E-state index is -1.05. The number of carboxylic acid groups (broad SMARTS) is 1. The van der Waals surface area contributed by atoms with Gasteiger partial charge in [0.2, 0.25) is 14.9 Å². The minimum absolute atomic E-state index is 0.133. The van der Waals surface area contributed by atoms with Gasteiger partial charge in [-0.05, 0) is 56.2 Å². The number of carbonyl (C=O) groups is 2. The molecule has 0 aromatic carbocycles. The van der Waals surface area contributed by atoms with Gasteiger partial charge in [0.1, 0.15) is 5.37 Å². The van der Waals surface area contributed by atoms with E-state index >= 15 is 0 Å². The Morgan fingerprint density at radius 1 is 1.32 bits per heavy atom. The fraction of sp³-hybridized carbons (Fsp3) is 0.591. The average molecular weight is 480 g/mol. The number of aliphatic carboxylic acids is 1. The minimum Gasteiger partial charge on any atom is -0.477 e. The van der Waals surface area contributed by atoms with Gasteiger partial charge in [-0.2, -0.15) is 0 Å². The van der Waals surface area contributed by atoms with E-state index in [0.717, 1.165) is 28.5 Å². The predicted octanol–water partition coefficient (Wildman–Crippen LogP) is 4.60. The summed E-state index contributed by atoms with van der Waals surface area (Å²) in [5.41, 5.74) is 0.250. The molecule has 1 N–H and O–H groups in total. The molecule has 0 bridgehead atoms. The van der Waals surface area contributed by atoms with E-state index in [1.165, 1.54) is 28.4 Å². The molecule has 0 unspecified atom stereocenters. The molecular formula is C22H31N2O4S2Si. The molecule has 0 saturated carbocycles. The van der Waals surface area contributed by atoms with Crippen molar-refractivity contribution < 1.29 is 19.1 Å². The number of carbonyl (C=O) groups excluding carboxylic acids is 1. The molecule has 31 heavy (non-hydrogen) atoms. The fourth-order valence-corrected chi connectivity index (χ4v) is 8.20. The number of rotatable bonds is 9. The number of hydrogen-bond donors (Lipinski definition) is 1. The van der Waals surface area contributed by atoms with E-state index in [1.54, 1.807) is 6.20 Å². The Hall–Kier alpha value is -1.29. The van der Waals surface area contributed by atoms with Crippen molar-refractivity contribution in [2.45, 2.75) is 64.6 Å². The number of amides is 1. The number of aromatic nitrogens is 1. The van der Waals surface area contributed by atoms with E-state index < -0.39 is 20.6 Å². The topological polar surface area (TPSA) is 79.7 Å². The first-order valence-corrected chi connectivity index (χ1v) is 14.7. The van der Waals surface area contributed by atoms with Gasteiger partial charge in [0.25, 0.3) is 0 Å². The summed E-state index contributed by atoms with van der Waals surface area (Å²) in [6.45, 7) is 12.4. The lowest BCUT2D eigenvalue weighted by Gasteiger charge is -2.56. The second kappa shape index (κ2) is 9.29. The van der Waals surface area contributed by atoms with Gasteiger partial charge in [-0.25, -0.2) is 4.79 Å². The molecule has 3 atom stereocenters. The number of carboxylic acids is 1. The summed E-state index contributed by atoms with van der Waals surface area (Å²) >= 11 is 3.04. The molecule has 1 aromatic rings. The van der Waals surface area contributed by atoms with Crippen LogP contribution in [0.5, 0.6) is 0 Å². The van der Waals surface area contributed by atoms with Gasteiger partial charge >= 0.3 is 5.97 Å². The third-order valence-electron chi connectivity index (χ3n) is 5.94. The lowest BCUT2D eigenvalue weighted by atomic mass is 9.66. The van der Waals surface area contributed by atoms with Gasteiger partial charge in [0, 0.05) is 11.9 Å². The second-order valence-corrected chi connectivity index (χ2v) is 13.8. The largest absolute Gasteiger partial charge is 0.477 e. The molecule has 6 nitrogen and oxygen atoms in total. The molecule has 0 spiro atoms. The normalized spacial score (nSPS) is 23.1. The molecule has 1 radical (unpaired) electrons. The SMILES string of the molecule is C[Si](C)O[C@@](C)([C@@H]1C(=O)N2C(C(=O)O)=C(SCCCc3ccccn3)S[C@H]12)C(C)(C)C. The van der Waals surface area contributed by atoms with Crippen molar-refractivity contribution in [3.63, 3.8) is 0 Å². The molecule has 1 fully saturated rings. The van der Waals surface area contributed by atoms with Crippen molar-refractivity contribution >= 4 is 44.4 Å². The second-order valence-electron chi connectivity index (χ2n) is 9.28. The maximum absolute atomic E-state index is 13.2. The zero-order chi connectivity index (χ0) is 23.0. The molecule has 1 amide bonds. The Labute approximate surface area is 194 Å². The highest BCUT2D eigenvalue weighted by atomic mass is 32.2. The molecule has 169 valence electrons. The van der Waals surface area contributed by atoms with Crippen LogP contribution in [0.25, 0.3) is 0 Å². The van der Waals surface area contributed by atoms with E-state index in [1.807, 2.05) is 25.1 Å². The molecule has 1 aromatic heterocycles. The van der Waals surface area contributed by atoms with Crippen LogP contribution in [0.1, 0.15) is 39.8 Å². The van der Waals surface area contributed by atoms with Crippen molar-refractivity contribution in [1.82, 2.24) is 9.88 Å². The van der Waals surface area contributed by atoms with Crippen molar-refractivity contribution in [3.05, 3.63) is 40.0 Å². The van der Waals surface area contributed by atoms with Crippen LogP contribution in [0.2, 0.25) is 13.1 Å². The highest BCUT2D eigenvalue weighted by molar-refractivity contribution is 8.22. The lowest BCUT2D eigenvalue weighted by Crippen LogP contribution is -2.69. The third-order valence-corrected chi connectivity index (χ3v) is 9.50. The van der Waals surface area contributed by atoms with Gasteiger partial charge in [-0.3, -0.25) is 14.7 Å². The molecule has 3 rings (SSSR count). The number of thioether (sulfide) groups is 2. The summed E-state index contributed by atoms with van der Waals surface area (Å²) in [6, 6.07) is 5.86. The molecule has 2 aliphatic heterocycles. The van der Waals surface area contributed by atoms with Crippen LogP contribution in [0.3, 0.4) is 0 Å². The van der Waals surface area contributed by atoms with Crippen LogP contribution in [0.15, 0.2) is 34.3 Å². The zero-order valence-corrected chi connectivity index (χ0v) is 21.6. The summed E-state index contributed by atoms with van der Waals surface area (Å²) in [4.78, 5) is 31.1. The zero-order valence-electron chi connectivity index (χ0n) is 19.0. The fourth-order valence-electron chi connectivity index (χ4n) is 3.96. The first kappa shape index (κ1) is 24.4. The van der Waals surface area contributed by atoms with Gasteiger partial charge < -0.3 is 9.53 Å². The lowest BCUT2D eigenvalue weighted by molar-refractivity contribution is -0.173. The van der Waals surface area contributed by atoms with Gasteiger partial charge in [-0.1, -0.05) is 38.6 Å². The van der Waals surface area contributed by atoms with E-state index in [9.17, 15) is 14.7 Å². The molecular weight excluding hydrogens is 448 g/mol. The van der Waals surface area contributed by atoms with E-state index in [2.05, 4.69) is 38.8 Å². The first-order valence-electron chi connectivity index (χ1n) is 10.5. The number of pyridine rings is 1. The molecule has 3 heterocycles. The van der Waals surface area contributed by atoms with Crippen LogP contribution >= 0.6 is 23.5 Å². The first-order chi connectivity index (χ1) is 14.5. The standard InChI is InChI=1S/C22H31N2O4S2Si/c1-21(2,3)22(4,28-31(5)6)15-17(25)24-16(19(26)27)20(30-18(15)24)29-13-9-11-14-10-7-8-12-23-14/h7-8,10,12,15,18H,9,11,13H2,1-6H3,(H,26,27)/t15-,18-,22+/m1/s1. The summed E-state index contributed by atoms with van der Waals surface area (Å²) in [5.74, 6) is -0.764. The van der Waals surface area contributed by atoms with E-state index in [0.29, 0.717) is 0 Å². The van der Waals surface area contributed by atoms with Crippen molar-refractivity contribution in [3.8, 4) is 0 Å². The highest BCUT2D eigenvalue weighted by Gasteiger charge is 2.65. The van der Waals surface area contributed by atoms with Crippen molar-refractivity contribution in [2.24, 2.45) is 11.3 Å². The molecule has 2 aliphatic rings. The number of β-lactam (4-membered cyclic amide) rings is 1. The number of hydrogen-bond acceptors (Lipinski definition) is 6. The number of aryl methyl sites for hydroxylation is 1. The van der Waals surface area contributed by atoms with Crippen molar-refractivity contribution in [1.29, 1.82) is 0 Å². The summed E-state index contributed by atoms with van der Waals surface area (Å²) in [7, 11) is -1.05. The Morgan fingerprint density at radius 3 is 2.58 bits per heavy atom. The van der Waals surface area contributed by atoms with Crippen LogP contribution in [0, 0.1) is 11.3 Å². The van der Waals surface area contributed by atoms with Crippen LogP contribution in [-0.2, 0) is 20.4 Å². The highest BCUT2D eigenvalue weighted by Crippen LogP contribution is 2.58. The Morgan fingerprint density at radius 2 is 2.03 bits per heavy atom. The number of fused-ring (bicyclic) bond motifs is 1. The van der Waals surface area contributed by atoms with Gasteiger partial charge in [0.15, 0.2) is 5.70 Å². The summed E-state index contributed by atoms with van der Waals surface area (Å²) in [6.07, 6.45) is 3.52. The van der Waals surface area contributed by atoms with E-state index in [4.69, 9.17) is 4.43 Å². The van der Waals surface area contributed by atoms with Gasteiger partial charge in [0.05, 0.1) is 15.8 Å². The Balaban J connectivity index is 1.73. The third kappa shape index (κ3) is 4.74. The molecule has 9 heteroatoms. The number of nitrogens with zero attached hydrogens (tertiary/aromatic N) is 2. The van der Waals surface area contributed by atoms with Crippen molar-refractivity contribution in [2.75, 3.05) is 5.75 Å². The molecule has 1 saturated heterocycles. The van der Waals surface area contributed by atoms with Crippen LogP contribution < -0.4 is 0 Å². The molecule has 0 aliphatic carbocycles. The summed E-state index contributed by atoms with van der Waals surface area (Å²) < 4.78 is 7.15. The average Bonchev–Trinajstić information content (AvgIpc) is 2.99. The van der Waals surface area contributed by atoms with Gasteiger partial charge in [-0.15, -0.1) is 11.8 Å². The van der Waals surface area contributed by atoms with Crippen LogP contribution in [0.4, 0.5) is 0 Å². The monoisotopic (exact) mass is 479 g/mol. The van der Waals surface area contributed by atoms with Crippen LogP contribution in [-0.4, -0.2) is 52.6 Å². The Bertz CT molecular complexity index is 872. The maximum Gasteiger partial charge on any atom is 0.354 e. The smallest absolute Gasteiger partial charge is 0.354 e. The maximum atomic E-state index is 13.2. The summed E-state index contributed by atoms with van der Waals surface area (Å²) in [5, 5.41) is 9.62.